The maximum atomic E-state index is 12.4. The SMILES string of the molecule is O=C(O)c1ccnnc1Oc1ccc(C(F)(F)F)cc1. The topological polar surface area (TPSA) is 72.3 Å². The molecule has 5 nitrogen and oxygen atoms in total. The molecule has 0 radical (unpaired) electrons. The molecule has 0 saturated heterocycles. The lowest BCUT2D eigenvalue weighted by molar-refractivity contribution is -0.137. The first-order valence-corrected chi connectivity index (χ1v) is 5.28. The molecule has 0 bridgehead atoms. The maximum absolute atomic E-state index is 12.4. The molecule has 20 heavy (non-hydrogen) atoms. The van der Waals surface area contributed by atoms with Gasteiger partial charge in [-0.1, -0.05) is 0 Å². The molecule has 0 fully saturated rings. The highest BCUT2D eigenvalue weighted by atomic mass is 19.4. The van der Waals surface area contributed by atoms with E-state index in [9.17, 15) is 18.0 Å². The van der Waals surface area contributed by atoms with Crippen LogP contribution in [0.15, 0.2) is 36.5 Å². The lowest BCUT2D eigenvalue weighted by Gasteiger charge is -2.09. The van der Waals surface area contributed by atoms with Crippen molar-refractivity contribution >= 4 is 5.97 Å². The Morgan fingerprint density at radius 2 is 1.80 bits per heavy atom. The van der Waals surface area contributed by atoms with Crippen LogP contribution in [0, 0.1) is 0 Å². The molecule has 1 N–H and O–H groups in total. The van der Waals surface area contributed by atoms with Crippen molar-refractivity contribution in [3.05, 3.63) is 47.7 Å². The van der Waals surface area contributed by atoms with E-state index in [1.165, 1.54) is 12.3 Å². The monoisotopic (exact) mass is 284 g/mol. The summed E-state index contributed by atoms with van der Waals surface area (Å²) < 4.78 is 42.2. The largest absolute Gasteiger partial charge is 0.477 e. The first kappa shape index (κ1) is 13.8. The lowest BCUT2D eigenvalue weighted by Crippen LogP contribution is -2.05. The molecule has 1 aromatic heterocycles. The first-order valence-electron chi connectivity index (χ1n) is 5.28. The highest BCUT2D eigenvalue weighted by Gasteiger charge is 2.30. The van der Waals surface area contributed by atoms with Crippen molar-refractivity contribution in [1.82, 2.24) is 10.2 Å². The normalized spacial score (nSPS) is 11.2. The van der Waals surface area contributed by atoms with Gasteiger partial charge in [-0.25, -0.2) is 4.79 Å². The van der Waals surface area contributed by atoms with E-state index < -0.39 is 17.7 Å². The van der Waals surface area contributed by atoms with Gasteiger partial charge in [0.1, 0.15) is 11.3 Å². The number of carbonyl (C=O) groups is 1. The predicted octanol–water partition coefficient (Wildman–Crippen LogP) is 2.99. The number of nitrogens with zero attached hydrogens (tertiary/aromatic N) is 2. The van der Waals surface area contributed by atoms with Crippen LogP contribution in [0.1, 0.15) is 15.9 Å². The summed E-state index contributed by atoms with van der Waals surface area (Å²) in [6.45, 7) is 0. The Morgan fingerprint density at radius 3 is 2.35 bits per heavy atom. The van der Waals surface area contributed by atoms with Gasteiger partial charge in [0.15, 0.2) is 0 Å². The van der Waals surface area contributed by atoms with Crippen LogP contribution in [0.2, 0.25) is 0 Å². The van der Waals surface area contributed by atoms with E-state index in [1.807, 2.05) is 0 Å². The number of ether oxygens (including phenoxy) is 1. The molecule has 1 aromatic carbocycles. The Bertz CT molecular complexity index is 627. The molecule has 0 amide bonds. The van der Waals surface area contributed by atoms with Gasteiger partial charge in [-0.2, -0.15) is 18.3 Å². The summed E-state index contributed by atoms with van der Waals surface area (Å²) >= 11 is 0. The molecule has 2 aromatic rings. The van der Waals surface area contributed by atoms with Crippen molar-refractivity contribution in [1.29, 1.82) is 0 Å². The zero-order chi connectivity index (χ0) is 14.8. The Morgan fingerprint density at radius 1 is 1.15 bits per heavy atom. The van der Waals surface area contributed by atoms with Crippen molar-refractivity contribution in [2.75, 3.05) is 0 Å². The number of carboxylic acid groups (broad SMARTS) is 1. The van der Waals surface area contributed by atoms with E-state index in [0.717, 1.165) is 24.3 Å². The fourth-order valence-electron chi connectivity index (χ4n) is 1.38. The minimum Gasteiger partial charge on any atom is -0.477 e. The fraction of sp³-hybridized carbons (Fsp3) is 0.0833. The number of hydrogen-bond acceptors (Lipinski definition) is 4. The molecular weight excluding hydrogens is 277 g/mol. The average molecular weight is 284 g/mol. The van der Waals surface area contributed by atoms with Crippen LogP contribution in [0.25, 0.3) is 0 Å². The van der Waals surface area contributed by atoms with Crippen molar-refractivity contribution in [3.63, 3.8) is 0 Å². The molecule has 0 aliphatic carbocycles. The molecule has 0 unspecified atom stereocenters. The van der Waals surface area contributed by atoms with Crippen molar-refractivity contribution in [2.45, 2.75) is 6.18 Å². The van der Waals surface area contributed by atoms with Crippen molar-refractivity contribution in [2.24, 2.45) is 0 Å². The van der Waals surface area contributed by atoms with Gasteiger partial charge in [0.2, 0.25) is 0 Å². The third kappa shape index (κ3) is 3.02. The summed E-state index contributed by atoms with van der Waals surface area (Å²) in [6, 6.07) is 4.97. The standard InChI is InChI=1S/C12H7F3N2O3/c13-12(14,15)7-1-3-8(4-2-7)20-10-9(11(18)19)5-6-16-17-10/h1-6H,(H,18,19). The van der Waals surface area contributed by atoms with Crippen LogP contribution in [-0.2, 0) is 6.18 Å². The lowest BCUT2D eigenvalue weighted by atomic mass is 10.2. The predicted molar refractivity (Wildman–Crippen MR) is 60.5 cm³/mol. The number of rotatable bonds is 3. The van der Waals surface area contributed by atoms with E-state index in [1.54, 1.807) is 0 Å². The number of alkyl halides is 3. The van der Waals surface area contributed by atoms with Gasteiger partial charge in [0.25, 0.3) is 5.88 Å². The second kappa shape index (κ2) is 5.16. The Balaban J connectivity index is 2.25. The zero-order valence-electron chi connectivity index (χ0n) is 9.76. The summed E-state index contributed by atoms with van der Waals surface area (Å²) in [5, 5.41) is 15.9. The maximum Gasteiger partial charge on any atom is 0.416 e. The number of aromatic nitrogens is 2. The second-order valence-corrected chi connectivity index (χ2v) is 3.68. The number of hydrogen-bond donors (Lipinski definition) is 1. The minimum absolute atomic E-state index is 0.0287. The number of benzene rings is 1. The van der Waals surface area contributed by atoms with Crippen LogP contribution in [0.5, 0.6) is 11.6 Å². The van der Waals surface area contributed by atoms with Gasteiger partial charge in [-0.05, 0) is 30.3 Å². The Kier molecular flexibility index (Phi) is 3.55. The van der Waals surface area contributed by atoms with Gasteiger partial charge >= 0.3 is 12.1 Å². The summed E-state index contributed by atoms with van der Waals surface area (Å²) in [7, 11) is 0. The van der Waals surface area contributed by atoms with Crippen LogP contribution < -0.4 is 4.74 Å². The smallest absolute Gasteiger partial charge is 0.416 e. The summed E-state index contributed by atoms with van der Waals surface area (Å²) in [5.74, 6) is -1.54. The van der Waals surface area contributed by atoms with Crippen molar-refractivity contribution in [3.8, 4) is 11.6 Å². The third-order valence-electron chi connectivity index (χ3n) is 2.31. The van der Waals surface area contributed by atoms with Gasteiger partial charge in [-0.3, -0.25) is 0 Å². The van der Waals surface area contributed by atoms with Crippen LogP contribution in [0.3, 0.4) is 0 Å². The van der Waals surface area contributed by atoms with Crippen LogP contribution >= 0.6 is 0 Å². The molecule has 0 aliphatic rings. The van der Waals surface area contributed by atoms with E-state index in [4.69, 9.17) is 9.84 Å². The van der Waals surface area contributed by atoms with Crippen LogP contribution in [-0.4, -0.2) is 21.3 Å². The molecule has 0 spiro atoms. The summed E-state index contributed by atoms with van der Waals surface area (Å²) in [4.78, 5) is 10.9. The molecule has 104 valence electrons. The highest BCUT2D eigenvalue weighted by molar-refractivity contribution is 5.90. The van der Waals surface area contributed by atoms with Crippen LogP contribution in [0.4, 0.5) is 13.2 Å². The average Bonchev–Trinajstić information content (AvgIpc) is 2.38. The quantitative estimate of drug-likeness (QED) is 0.938. The summed E-state index contributed by atoms with van der Waals surface area (Å²) in [6.07, 6.45) is -3.28. The first-order chi connectivity index (χ1) is 9.38. The molecule has 0 aliphatic heterocycles. The molecular formula is C12H7F3N2O3. The minimum atomic E-state index is -4.45. The molecule has 2 rings (SSSR count). The van der Waals surface area contributed by atoms with E-state index in [2.05, 4.69) is 10.2 Å². The Labute approximate surface area is 110 Å². The summed E-state index contributed by atoms with van der Waals surface area (Å²) in [5.41, 5.74) is -1.07. The highest BCUT2D eigenvalue weighted by Crippen LogP contribution is 2.31. The molecule has 0 atom stereocenters. The van der Waals surface area contributed by atoms with Gasteiger partial charge < -0.3 is 9.84 Å². The van der Waals surface area contributed by atoms with Gasteiger partial charge in [-0.15, -0.1) is 5.10 Å². The van der Waals surface area contributed by atoms with E-state index >= 15 is 0 Å². The number of aromatic carboxylic acids is 1. The fourth-order valence-corrected chi connectivity index (χ4v) is 1.38. The molecule has 8 heteroatoms. The van der Waals surface area contributed by atoms with Gasteiger partial charge in [0, 0.05) is 0 Å². The molecule has 1 heterocycles. The zero-order valence-corrected chi connectivity index (χ0v) is 9.76. The van der Waals surface area contributed by atoms with Gasteiger partial charge in [0.05, 0.1) is 11.8 Å². The Hall–Kier alpha value is -2.64. The van der Waals surface area contributed by atoms with Crippen molar-refractivity contribution < 1.29 is 27.8 Å². The third-order valence-corrected chi connectivity index (χ3v) is 2.31. The molecule has 0 saturated carbocycles. The van der Waals surface area contributed by atoms with E-state index in [-0.39, 0.29) is 17.2 Å². The number of halogens is 3. The van der Waals surface area contributed by atoms with E-state index in [0.29, 0.717) is 0 Å². The number of carboxylic acids is 1. The second-order valence-electron chi connectivity index (χ2n) is 3.68.